The Kier molecular flexibility index (Phi) is 7.37. The Balaban J connectivity index is 1.34. The maximum atomic E-state index is 13.9. The molecule has 0 aliphatic carbocycles. The molecule has 1 amide bonds. The van der Waals surface area contributed by atoms with Crippen molar-refractivity contribution in [1.82, 2.24) is 24.4 Å². The van der Waals surface area contributed by atoms with Gasteiger partial charge in [-0.15, -0.1) is 0 Å². The molecule has 1 saturated heterocycles. The Morgan fingerprint density at radius 1 is 1.05 bits per heavy atom. The number of fused-ring (bicyclic) bond motifs is 1. The van der Waals surface area contributed by atoms with Gasteiger partial charge in [0.05, 0.1) is 17.3 Å². The lowest BCUT2D eigenvalue weighted by Crippen LogP contribution is -2.44. The van der Waals surface area contributed by atoms with E-state index in [1.807, 2.05) is 18.9 Å². The molecule has 0 spiro atoms. The number of aryl methyl sites for hydroxylation is 1. The molecule has 0 radical (unpaired) electrons. The summed E-state index contributed by atoms with van der Waals surface area (Å²) >= 11 is 0. The predicted octanol–water partition coefficient (Wildman–Crippen LogP) is 4.46. The van der Waals surface area contributed by atoms with Gasteiger partial charge in [-0.2, -0.15) is 18.3 Å². The number of nitrogens with zero attached hydrogens (tertiary/aromatic N) is 5. The highest BCUT2D eigenvalue weighted by atomic mass is 19.4. The van der Waals surface area contributed by atoms with Gasteiger partial charge in [0.1, 0.15) is 0 Å². The lowest BCUT2D eigenvalue weighted by atomic mass is 10.0. The van der Waals surface area contributed by atoms with Crippen LogP contribution < -0.4 is 5.32 Å². The van der Waals surface area contributed by atoms with Gasteiger partial charge in [-0.05, 0) is 49.4 Å². The van der Waals surface area contributed by atoms with Crippen LogP contribution in [0.15, 0.2) is 61.1 Å². The monoisotopic (exact) mass is 532 g/mol. The molecule has 1 aliphatic rings. The van der Waals surface area contributed by atoms with E-state index in [-0.39, 0.29) is 17.8 Å². The standard InChI is InChI=1S/C29H27F3N6O/c1-20-3-5-23(15-22(20)6-4-21-17-33-27-9-10-34-38(27)18-21)28(39)35-25-8-7-24(26(16-25)29(30,31)32)19-37-13-11-36(2)12-14-37/h3,5,7-10,15-18H,11-14,19H2,1-2H3,(H,35,39). The molecular weight excluding hydrogens is 505 g/mol. The molecule has 10 heteroatoms. The topological polar surface area (TPSA) is 65.8 Å². The first kappa shape index (κ1) is 26.4. The number of aromatic nitrogens is 3. The molecule has 0 atom stereocenters. The number of hydrogen-bond donors (Lipinski definition) is 1. The molecule has 2 aromatic carbocycles. The Bertz CT molecular complexity index is 1580. The Morgan fingerprint density at radius 3 is 2.62 bits per heavy atom. The van der Waals surface area contributed by atoms with E-state index in [0.717, 1.165) is 24.7 Å². The Hall–Kier alpha value is -4.20. The summed E-state index contributed by atoms with van der Waals surface area (Å²) in [7, 11) is 2.00. The molecule has 0 saturated carbocycles. The number of nitrogens with one attached hydrogen (secondary N) is 1. The lowest BCUT2D eigenvalue weighted by Gasteiger charge is -2.33. The first-order chi connectivity index (χ1) is 18.7. The molecule has 1 N–H and O–H groups in total. The highest BCUT2D eigenvalue weighted by Crippen LogP contribution is 2.34. The van der Waals surface area contributed by atoms with Crippen molar-refractivity contribution >= 4 is 17.2 Å². The van der Waals surface area contributed by atoms with Crippen LogP contribution in [0, 0.1) is 18.8 Å². The minimum absolute atomic E-state index is 0.0845. The maximum Gasteiger partial charge on any atom is 0.416 e. The normalized spacial score (nSPS) is 14.7. The number of halogens is 3. The van der Waals surface area contributed by atoms with Crippen molar-refractivity contribution in [2.24, 2.45) is 0 Å². The fourth-order valence-corrected chi connectivity index (χ4v) is 4.42. The second kappa shape index (κ2) is 10.9. The summed E-state index contributed by atoms with van der Waals surface area (Å²) in [6.45, 7) is 5.12. The summed E-state index contributed by atoms with van der Waals surface area (Å²) in [6.07, 6.45) is 0.502. The van der Waals surface area contributed by atoms with Gasteiger partial charge in [-0.25, -0.2) is 9.50 Å². The minimum Gasteiger partial charge on any atom is -0.322 e. The van der Waals surface area contributed by atoms with Crippen LogP contribution in [-0.4, -0.2) is 63.5 Å². The van der Waals surface area contributed by atoms with Crippen LogP contribution >= 0.6 is 0 Å². The van der Waals surface area contributed by atoms with E-state index >= 15 is 0 Å². The summed E-state index contributed by atoms with van der Waals surface area (Å²) in [6, 6.07) is 10.8. The number of carbonyl (C=O) groups excluding carboxylic acids is 1. The van der Waals surface area contributed by atoms with Crippen molar-refractivity contribution in [3.8, 4) is 11.8 Å². The number of amides is 1. The quantitative estimate of drug-likeness (QED) is 0.394. The smallest absolute Gasteiger partial charge is 0.322 e. The molecule has 5 rings (SSSR count). The average Bonchev–Trinajstić information content (AvgIpc) is 3.38. The molecule has 39 heavy (non-hydrogen) atoms. The fraction of sp³-hybridized carbons (Fsp3) is 0.276. The van der Waals surface area contributed by atoms with Gasteiger partial charge in [0, 0.05) is 68.0 Å². The van der Waals surface area contributed by atoms with E-state index in [0.29, 0.717) is 35.4 Å². The molecule has 1 aliphatic heterocycles. The second-order valence-corrected chi connectivity index (χ2v) is 9.66. The average molecular weight is 533 g/mol. The molecule has 0 unspecified atom stereocenters. The molecular formula is C29H27F3N6O. The first-order valence-electron chi connectivity index (χ1n) is 12.5. The van der Waals surface area contributed by atoms with Gasteiger partial charge in [-0.1, -0.05) is 24.0 Å². The van der Waals surface area contributed by atoms with Gasteiger partial charge in [0.2, 0.25) is 0 Å². The van der Waals surface area contributed by atoms with Crippen molar-refractivity contribution in [2.75, 3.05) is 38.5 Å². The zero-order valence-electron chi connectivity index (χ0n) is 21.6. The summed E-state index contributed by atoms with van der Waals surface area (Å²) < 4.78 is 43.4. The number of carbonyl (C=O) groups is 1. The van der Waals surface area contributed by atoms with Gasteiger partial charge in [0.15, 0.2) is 5.65 Å². The molecule has 0 bridgehead atoms. The van der Waals surface area contributed by atoms with Gasteiger partial charge >= 0.3 is 6.18 Å². The van der Waals surface area contributed by atoms with Crippen molar-refractivity contribution in [2.45, 2.75) is 19.6 Å². The molecule has 3 heterocycles. The van der Waals surface area contributed by atoms with Crippen LogP contribution in [0.3, 0.4) is 0 Å². The molecule has 4 aromatic rings. The van der Waals surface area contributed by atoms with Gasteiger partial charge in [0.25, 0.3) is 5.91 Å². The number of likely N-dealkylation sites (N-methyl/N-ethyl adjacent to an activating group) is 1. The first-order valence-corrected chi connectivity index (χ1v) is 12.5. The highest BCUT2D eigenvalue weighted by molar-refractivity contribution is 6.04. The summed E-state index contributed by atoms with van der Waals surface area (Å²) in [5, 5.41) is 6.76. The van der Waals surface area contributed by atoms with E-state index in [1.165, 1.54) is 12.1 Å². The van der Waals surface area contributed by atoms with E-state index in [4.69, 9.17) is 0 Å². The van der Waals surface area contributed by atoms with Gasteiger partial charge in [-0.3, -0.25) is 9.69 Å². The number of piperazine rings is 1. The summed E-state index contributed by atoms with van der Waals surface area (Å²) in [5.41, 5.74) is 2.68. The summed E-state index contributed by atoms with van der Waals surface area (Å²) in [4.78, 5) is 21.4. The van der Waals surface area contributed by atoms with Gasteiger partial charge < -0.3 is 10.2 Å². The van der Waals surface area contributed by atoms with Crippen LogP contribution in [-0.2, 0) is 12.7 Å². The van der Waals surface area contributed by atoms with E-state index in [1.54, 1.807) is 47.4 Å². The highest BCUT2D eigenvalue weighted by Gasteiger charge is 2.34. The SMILES string of the molecule is Cc1ccc(C(=O)Nc2ccc(CN3CCN(C)CC3)c(C(F)(F)F)c2)cc1C#Cc1cnc2ccnn2c1. The van der Waals surface area contributed by atoms with Crippen LogP contribution in [0.2, 0.25) is 0 Å². The number of alkyl halides is 3. The Labute approximate surface area is 224 Å². The van der Waals surface area contributed by atoms with Crippen molar-refractivity contribution < 1.29 is 18.0 Å². The van der Waals surface area contributed by atoms with E-state index in [2.05, 4.69) is 32.1 Å². The number of rotatable bonds is 4. The predicted molar refractivity (Wildman–Crippen MR) is 142 cm³/mol. The molecule has 2 aromatic heterocycles. The maximum absolute atomic E-state index is 13.9. The lowest BCUT2D eigenvalue weighted by molar-refractivity contribution is -0.138. The van der Waals surface area contributed by atoms with Crippen LogP contribution in [0.25, 0.3) is 5.65 Å². The zero-order valence-corrected chi connectivity index (χ0v) is 21.6. The minimum atomic E-state index is -4.54. The fourth-order valence-electron chi connectivity index (χ4n) is 4.42. The number of hydrogen-bond acceptors (Lipinski definition) is 5. The number of benzene rings is 2. The van der Waals surface area contributed by atoms with Crippen molar-refractivity contribution in [1.29, 1.82) is 0 Å². The second-order valence-electron chi connectivity index (χ2n) is 9.66. The van der Waals surface area contributed by atoms with E-state index in [9.17, 15) is 18.0 Å². The molecule has 7 nitrogen and oxygen atoms in total. The third kappa shape index (κ3) is 6.28. The summed E-state index contributed by atoms with van der Waals surface area (Å²) in [5.74, 6) is 5.57. The largest absolute Gasteiger partial charge is 0.416 e. The van der Waals surface area contributed by atoms with Crippen LogP contribution in [0.5, 0.6) is 0 Å². The molecule has 200 valence electrons. The third-order valence-corrected chi connectivity index (χ3v) is 6.75. The van der Waals surface area contributed by atoms with Crippen molar-refractivity contribution in [3.63, 3.8) is 0 Å². The van der Waals surface area contributed by atoms with Crippen LogP contribution in [0.1, 0.15) is 38.2 Å². The molecule has 1 fully saturated rings. The number of anilines is 1. The van der Waals surface area contributed by atoms with Crippen LogP contribution in [0.4, 0.5) is 18.9 Å². The third-order valence-electron chi connectivity index (χ3n) is 6.75. The Morgan fingerprint density at radius 2 is 1.85 bits per heavy atom. The van der Waals surface area contributed by atoms with Crippen molar-refractivity contribution in [3.05, 3.63) is 94.4 Å². The zero-order chi connectivity index (χ0) is 27.6. The van der Waals surface area contributed by atoms with E-state index < -0.39 is 17.6 Å².